The summed E-state index contributed by atoms with van der Waals surface area (Å²) >= 11 is 6.32. The first kappa shape index (κ1) is 18.5. The molecule has 0 saturated carbocycles. The number of carbonyl (C=O) groups is 1. The first-order valence-electron chi connectivity index (χ1n) is 8.48. The van der Waals surface area contributed by atoms with E-state index in [9.17, 15) is 4.79 Å². The molecule has 1 heterocycles. The molecule has 4 nitrogen and oxygen atoms in total. The highest BCUT2D eigenvalue weighted by Gasteiger charge is 2.22. The van der Waals surface area contributed by atoms with Gasteiger partial charge in [0.15, 0.2) is 0 Å². The minimum absolute atomic E-state index is 0.0112. The maximum atomic E-state index is 12.2. The highest BCUT2D eigenvalue weighted by molar-refractivity contribution is 6.32. The van der Waals surface area contributed by atoms with Crippen molar-refractivity contribution in [3.05, 3.63) is 41.0 Å². The molecule has 0 aliphatic heterocycles. The van der Waals surface area contributed by atoms with Crippen molar-refractivity contribution in [3.63, 3.8) is 0 Å². The number of para-hydroxylation sites is 1. The SMILES string of the molecule is CCCCCC(=O)Nc1cc(C(C)(C)C)nn1-c1ccccc1Cl. The Morgan fingerprint density at radius 1 is 1.25 bits per heavy atom. The van der Waals surface area contributed by atoms with Crippen molar-refractivity contribution in [2.75, 3.05) is 5.32 Å². The Balaban J connectivity index is 2.33. The van der Waals surface area contributed by atoms with Crippen LogP contribution in [0.1, 0.15) is 59.1 Å². The van der Waals surface area contributed by atoms with Crippen molar-refractivity contribution in [1.82, 2.24) is 9.78 Å². The Labute approximate surface area is 149 Å². The van der Waals surface area contributed by atoms with Crippen molar-refractivity contribution in [2.24, 2.45) is 0 Å². The van der Waals surface area contributed by atoms with Crippen LogP contribution in [0.4, 0.5) is 5.82 Å². The second-order valence-electron chi connectivity index (χ2n) is 7.03. The number of hydrogen-bond acceptors (Lipinski definition) is 2. The van der Waals surface area contributed by atoms with Crippen molar-refractivity contribution in [2.45, 2.75) is 58.8 Å². The maximum absolute atomic E-state index is 12.2. The third-order valence-corrected chi connectivity index (χ3v) is 4.15. The van der Waals surface area contributed by atoms with Crippen molar-refractivity contribution >= 4 is 23.3 Å². The molecule has 0 spiro atoms. The normalized spacial score (nSPS) is 11.5. The van der Waals surface area contributed by atoms with Crippen LogP contribution in [0.3, 0.4) is 0 Å². The van der Waals surface area contributed by atoms with Crippen LogP contribution in [0.25, 0.3) is 5.69 Å². The van der Waals surface area contributed by atoms with E-state index in [0.717, 1.165) is 30.6 Å². The van der Waals surface area contributed by atoms with E-state index in [2.05, 4.69) is 38.1 Å². The predicted molar refractivity (Wildman–Crippen MR) is 100 cm³/mol. The lowest BCUT2D eigenvalue weighted by molar-refractivity contribution is -0.116. The zero-order valence-corrected chi connectivity index (χ0v) is 15.7. The number of halogens is 1. The minimum atomic E-state index is -0.117. The second-order valence-corrected chi connectivity index (χ2v) is 7.44. The number of benzene rings is 1. The first-order chi connectivity index (χ1) is 11.3. The molecule has 1 N–H and O–H groups in total. The molecule has 0 aliphatic carbocycles. The molecule has 0 atom stereocenters. The predicted octanol–water partition coefficient (Wildman–Crippen LogP) is 5.34. The van der Waals surface area contributed by atoms with Crippen LogP contribution in [0.2, 0.25) is 5.02 Å². The van der Waals surface area contributed by atoms with Gasteiger partial charge in [0.25, 0.3) is 0 Å². The number of rotatable bonds is 6. The van der Waals surface area contributed by atoms with Gasteiger partial charge in [-0.05, 0) is 18.6 Å². The molecular formula is C19H26ClN3O. The van der Waals surface area contributed by atoms with Gasteiger partial charge in [0.1, 0.15) is 5.82 Å². The number of unbranched alkanes of at least 4 members (excludes halogenated alkanes) is 2. The zero-order chi connectivity index (χ0) is 17.7. The van der Waals surface area contributed by atoms with E-state index in [1.54, 1.807) is 4.68 Å². The molecule has 1 aromatic carbocycles. The molecule has 2 rings (SSSR count). The molecule has 0 unspecified atom stereocenters. The standard InChI is InChI=1S/C19H26ClN3O/c1-5-6-7-12-18(24)21-17-13-16(19(2,3)4)22-23(17)15-11-9-8-10-14(15)20/h8-11,13H,5-7,12H2,1-4H3,(H,21,24). The molecule has 24 heavy (non-hydrogen) atoms. The van der Waals surface area contributed by atoms with E-state index in [0.29, 0.717) is 17.3 Å². The van der Waals surface area contributed by atoms with Gasteiger partial charge in [0.05, 0.1) is 16.4 Å². The minimum Gasteiger partial charge on any atom is -0.311 e. The molecule has 130 valence electrons. The van der Waals surface area contributed by atoms with Crippen LogP contribution in [0, 0.1) is 0 Å². The molecule has 0 radical (unpaired) electrons. The number of amides is 1. The molecule has 0 aliphatic rings. The van der Waals surface area contributed by atoms with Gasteiger partial charge in [-0.25, -0.2) is 4.68 Å². The number of nitrogens with one attached hydrogen (secondary N) is 1. The van der Waals surface area contributed by atoms with Gasteiger partial charge in [0, 0.05) is 17.9 Å². The van der Waals surface area contributed by atoms with Crippen LogP contribution in [0.5, 0.6) is 0 Å². The summed E-state index contributed by atoms with van der Waals surface area (Å²) in [6.45, 7) is 8.41. The highest BCUT2D eigenvalue weighted by atomic mass is 35.5. The Morgan fingerprint density at radius 3 is 2.58 bits per heavy atom. The van der Waals surface area contributed by atoms with Crippen LogP contribution in [0.15, 0.2) is 30.3 Å². The summed E-state index contributed by atoms with van der Waals surface area (Å²) in [5.74, 6) is 0.673. The lowest BCUT2D eigenvalue weighted by Crippen LogP contribution is -2.15. The Morgan fingerprint density at radius 2 is 1.96 bits per heavy atom. The molecule has 0 saturated heterocycles. The maximum Gasteiger partial charge on any atom is 0.225 e. The Hall–Kier alpha value is -1.81. The van der Waals surface area contributed by atoms with Gasteiger partial charge < -0.3 is 5.32 Å². The van der Waals surface area contributed by atoms with E-state index in [1.807, 2.05) is 30.3 Å². The summed E-state index contributed by atoms with van der Waals surface area (Å²) in [7, 11) is 0. The number of nitrogens with zero attached hydrogens (tertiary/aromatic N) is 2. The summed E-state index contributed by atoms with van der Waals surface area (Å²) in [5, 5.41) is 8.27. The largest absolute Gasteiger partial charge is 0.311 e. The molecule has 1 aromatic heterocycles. The third-order valence-electron chi connectivity index (χ3n) is 3.83. The van der Waals surface area contributed by atoms with Crippen molar-refractivity contribution in [3.8, 4) is 5.69 Å². The second kappa shape index (κ2) is 7.84. The van der Waals surface area contributed by atoms with Crippen LogP contribution < -0.4 is 5.32 Å². The summed E-state index contributed by atoms with van der Waals surface area (Å²) in [6, 6.07) is 9.44. The van der Waals surface area contributed by atoms with E-state index < -0.39 is 0 Å². The van der Waals surface area contributed by atoms with Crippen LogP contribution >= 0.6 is 11.6 Å². The average molecular weight is 348 g/mol. The quantitative estimate of drug-likeness (QED) is 0.717. The van der Waals surface area contributed by atoms with E-state index >= 15 is 0 Å². The fourth-order valence-electron chi connectivity index (χ4n) is 2.38. The number of hydrogen-bond donors (Lipinski definition) is 1. The number of aromatic nitrogens is 2. The summed E-state index contributed by atoms with van der Waals surface area (Å²) < 4.78 is 1.72. The molecule has 2 aromatic rings. The fourth-order valence-corrected chi connectivity index (χ4v) is 2.60. The van der Waals surface area contributed by atoms with Gasteiger partial charge in [-0.2, -0.15) is 5.10 Å². The molecule has 0 bridgehead atoms. The van der Waals surface area contributed by atoms with Crippen LogP contribution in [-0.2, 0) is 10.2 Å². The van der Waals surface area contributed by atoms with Gasteiger partial charge in [0.2, 0.25) is 5.91 Å². The molecular weight excluding hydrogens is 322 g/mol. The van der Waals surface area contributed by atoms with Crippen molar-refractivity contribution in [1.29, 1.82) is 0 Å². The topological polar surface area (TPSA) is 46.9 Å². The van der Waals surface area contributed by atoms with Crippen molar-refractivity contribution < 1.29 is 4.79 Å². The van der Waals surface area contributed by atoms with Gasteiger partial charge in [-0.1, -0.05) is 64.3 Å². The highest BCUT2D eigenvalue weighted by Crippen LogP contribution is 2.29. The number of carbonyl (C=O) groups excluding carboxylic acids is 1. The molecule has 0 fully saturated rings. The third kappa shape index (κ3) is 4.60. The smallest absolute Gasteiger partial charge is 0.225 e. The lowest BCUT2D eigenvalue weighted by atomic mass is 9.92. The Bertz CT molecular complexity index is 701. The Kier molecular flexibility index (Phi) is 6.05. The molecule has 5 heteroatoms. The summed E-state index contributed by atoms with van der Waals surface area (Å²) in [5.41, 5.74) is 1.55. The van der Waals surface area contributed by atoms with Crippen LogP contribution in [-0.4, -0.2) is 15.7 Å². The summed E-state index contributed by atoms with van der Waals surface area (Å²) in [6.07, 6.45) is 3.57. The number of anilines is 1. The summed E-state index contributed by atoms with van der Waals surface area (Å²) in [4.78, 5) is 12.2. The van der Waals surface area contributed by atoms with Gasteiger partial charge in [-0.3, -0.25) is 4.79 Å². The van der Waals surface area contributed by atoms with E-state index in [4.69, 9.17) is 11.6 Å². The molecule has 1 amide bonds. The van der Waals surface area contributed by atoms with Gasteiger partial charge >= 0.3 is 0 Å². The van der Waals surface area contributed by atoms with E-state index in [-0.39, 0.29) is 11.3 Å². The lowest BCUT2D eigenvalue weighted by Gasteiger charge is -2.14. The first-order valence-corrected chi connectivity index (χ1v) is 8.86. The average Bonchev–Trinajstić information content (AvgIpc) is 2.92. The van der Waals surface area contributed by atoms with E-state index in [1.165, 1.54) is 0 Å². The fraction of sp³-hybridized carbons (Fsp3) is 0.474. The zero-order valence-electron chi connectivity index (χ0n) is 14.9. The van der Waals surface area contributed by atoms with Gasteiger partial charge in [-0.15, -0.1) is 0 Å². The monoisotopic (exact) mass is 347 g/mol.